The zero-order valence-corrected chi connectivity index (χ0v) is 17.6. The number of hydrogen-bond acceptors (Lipinski definition) is 4. The van der Waals surface area contributed by atoms with Crippen molar-refractivity contribution in [3.8, 4) is 11.1 Å². The van der Waals surface area contributed by atoms with Gasteiger partial charge in [0.2, 0.25) is 5.91 Å². The number of nitrogens with one attached hydrogen (secondary N) is 2. The van der Waals surface area contributed by atoms with E-state index in [2.05, 4.69) is 48.6 Å². The summed E-state index contributed by atoms with van der Waals surface area (Å²) in [4.78, 5) is 16.2. The quantitative estimate of drug-likeness (QED) is 0.482. The van der Waals surface area contributed by atoms with Crippen LogP contribution in [0.3, 0.4) is 0 Å². The molecule has 152 valence electrons. The van der Waals surface area contributed by atoms with Gasteiger partial charge < -0.3 is 10.6 Å². The van der Waals surface area contributed by atoms with Crippen molar-refractivity contribution in [1.82, 2.24) is 14.6 Å². The van der Waals surface area contributed by atoms with Crippen LogP contribution in [0.2, 0.25) is 0 Å². The summed E-state index contributed by atoms with van der Waals surface area (Å²) >= 11 is 0. The number of amides is 1. The molecule has 2 aromatic heterocycles. The first kappa shape index (κ1) is 19.6. The highest BCUT2D eigenvalue weighted by Gasteiger charge is 2.20. The summed E-state index contributed by atoms with van der Waals surface area (Å²) in [7, 11) is 0. The van der Waals surface area contributed by atoms with Gasteiger partial charge in [0, 0.05) is 35.3 Å². The fraction of sp³-hybridized carbons (Fsp3) is 0.208. The Morgan fingerprint density at radius 1 is 0.967 bits per heavy atom. The molecule has 0 saturated heterocycles. The summed E-state index contributed by atoms with van der Waals surface area (Å²) in [5.74, 6) is 0.741. The highest BCUT2D eigenvalue weighted by atomic mass is 16.1. The van der Waals surface area contributed by atoms with Gasteiger partial charge in [0.1, 0.15) is 5.82 Å². The predicted octanol–water partition coefficient (Wildman–Crippen LogP) is 5.40. The fourth-order valence-corrected chi connectivity index (χ4v) is 3.25. The molecule has 0 fully saturated rings. The summed E-state index contributed by atoms with van der Waals surface area (Å²) in [5, 5.41) is 10.8. The maximum Gasteiger partial charge on any atom is 0.221 e. The maximum absolute atomic E-state index is 11.2. The Bertz CT molecular complexity index is 1190. The first-order chi connectivity index (χ1) is 14.3. The molecule has 1 amide bonds. The van der Waals surface area contributed by atoms with Crippen molar-refractivity contribution in [2.75, 3.05) is 10.6 Å². The number of fused-ring (bicyclic) bond motifs is 1. The Kier molecular flexibility index (Phi) is 4.99. The van der Waals surface area contributed by atoms with E-state index in [1.807, 2.05) is 59.2 Å². The molecule has 0 spiro atoms. The van der Waals surface area contributed by atoms with Crippen LogP contribution in [0, 0.1) is 0 Å². The van der Waals surface area contributed by atoms with Crippen molar-refractivity contribution < 1.29 is 4.79 Å². The molecule has 2 aromatic carbocycles. The van der Waals surface area contributed by atoms with Crippen molar-refractivity contribution in [3.05, 3.63) is 72.6 Å². The van der Waals surface area contributed by atoms with Gasteiger partial charge in [-0.2, -0.15) is 9.61 Å². The topological polar surface area (TPSA) is 71.3 Å². The normalized spacial score (nSPS) is 11.5. The van der Waals surface area contributed by atoms with E-state index >= 15 is 0 Å². The lowest BCUT2D eigenvalue weighted by molar-refractivity contribution is -0.114. The molecule has 0 unspecified atom stereocenters. The number of benzene rings is 2. The second-order valence-corrected chi connectivity index (χ2v) is 8.32. The van der Waals surface area contributed by atoms with Crippen molar-refractivity contribution in [2.45, 2.75) is 33.1 Å². The molecular weight excluding hydrogens is 374 g/mol. The first-order valence-electron chi connectivity index (χ1n) is 9.90. The predicted molar refractivity (Wildman–Crippen MR) is 121 cm³/mol. The molecule has 6 heteroatoms. The van der Waals surface area contributed by atoms with Crippen LogP contribution in [0.25, 0.3) is 16.8 Å². The minimum Gasteiger partial charge on any atom is -0.340 e. The number of nitrogens with zero attached hydrogens (tertiary/aromatic N) is 3. The number of anilines is 3. The van der Waals surface area contributed by atoms with Crippen LogP contribution < -0.4 is 10.6 Å². The minimum atomic E-state index is -0.119. The highest BCUT2D eigenvalue weighted by molar-refractivity contribution is 5.89. The molecular formula is C24H25N5O. The van der Waals surface area contributed by atoms with Gasteiger partial charge in [-0.15, -0.1) is 0 Å². The largest absolute Gasteiger partial charge is 0.340 e. The van der Waals surface area contributed by atoms with Crippen LogP contribution in [-0.4, -0.2) is 20.5 Å². The zero-order chi connectivity index (χ0) is 21.3. The van der Waals surface area contributed by atoms with Crippen LogP contribution in [-0.2, 0) is 10.2 Å². The van der Waals surface area contributed by atoms with E-state index in [9.17, 15) is 4.79 Å². The van der Waals surface area contributed by atoms with Gasteiger partial charge in [-0.1, -0.05) is 51.1 Å². The number of carbonyl (C=O) groups excluding carboxylic acids is 1. The second-order valence-electron chi connectivity index (χ2n) is 8.32. The summed E-state index contributed by atoms with van der Waals surface area (Å²) in [6, 6.07) is 19.8. The minimum absolute atomic E-state index is 0.0913. The molecule has 2 heterocycles. The first-order valence-corrected chi connectivity index (χ1v) is 9.90. The Labute approximate surface area is 176 Å². The van der Waals surface area contributed by atoms with Crippen LogP contribution in [0.4, 0.5) is 17.2 Å². The average molecular weight is 399 g/mol. The Hall–Kier alpha value is -3.67. The van der Waals surface area contributed by atoms with Gasteiger partial charge in [0.15, 0.2) is 5.65 Å². The van der Waals surface area contributed by atoms with E-state index in [0.717, 1.165) is 39.7 Å². The highest BCUT2D eigenvalue weighted by Crippen LogP contribution is 2.30. The number of carbonyl (C=O) groups is 1. The van der Waals surface area contributed by atoms with E-state index in [0.29, 0.717) is 0 Å². The molecule has 0 atom stereocenters. The third-order valence-electron chi connectivity index (χ3n) is 4.80. The summed E-state index contributed by atoms with van der Waals surface area (Å²) < 4.78 is 1.83. The number of hydrogen-bond donors (Lipinski definition) is 2. The van der Waals surface area contributed by atoms with Crippen molar-refractivity contribution in [1.29, 1.82) is 0 Å². The molecule has 2 N–H and O–H groups in total. The molecule has 4 aromatic rings. The fourth-order valence-electron chi connectivity index (χ4n) is 3.25. The van der Waals surface area contributed by atoms with Gasteiger partial charge in [-0.25, -0.2) is 4.98 Å². The van der Waals surface area contributed by atoms with Crippen LogP contribution >= 0.6 is 0 Å². The van der Waals surface area contributed by atoms with E-state index < -0.39 is 0 Å². The van der Waals surface area contributed by atoms with Crippen molar-refractivity contribution in [2.24, 2.45) is 0 Å². The average Bonchev–Trinajstić information content (AvgIpc) is 3.13. The van der Waals surface area contributed by atoms with Gasteiger partial charge >= 0.3 is 0 Å². The SMILES string of the molecule is CC(=O)Nc1ccc(Nc2cc(C(C)(C)C)nc3c(-c4ccccc4)cnn23)cc1. The van der Waals surface area contributed by atoms with Gasteiger partial charge in [0.05, 0.1) is 11.9 Å². The monoisotopic (exact) mass is 399 g/mol. The van der Waals surface area contributed by atoms with E-state index in [-0.39, 0.29) is 11.3 Å². The van der Waals surface area contributed by atoms with Crippen molar-refractivity contribution >= 4 is 28.7 Å². The third kappa shape index (κ3) is 4.03. The standard InChI is InChI=1S/C24H25N5O/c1-16(30)26-18-10-12-19(13-11-18)27-22-14-21(24(2,3)4)28-23-20(15-25-29(22)23)17-8-6-5-7-9-17/h5-15,27H,1-4H3,(H,26,30). The molecule has 0 bridgehead atoms. The van der Waals surface area contributed by atoms with E-state index in [1.54, 1.807) is 0 Å². The molecule has 30 heavy (non-hydrogen) atoms. The summed E-state index contributed by atoms with van der Waals surface area (Å²) in [6.07, 6.45) is 1.86. The van der Waals surface area contributed by atoms with E-state index in [4.69, 9.17) is 4.98 Å². The molecule has 0 aliphatic carbocycles. The van der Waals surface area contributed by atoms with Crippen LogP contribution in [0.5, 0.6) is 0 Å². The lowest BCUT2D eigenvalue weighted by Crippen LogP contribution is -2.16. The van der Waals surface area contributed by atoms with Crippen LogP contribution in [0.15, 0.2) is 66.9 Å². The van der Waals surface area contributed by atoms with Crippen LogP contribution in [0.1, 0.15) is 33.4 Å². The van der Waals surface area contributed by atoms with Gasteiger partial charge in [-0.3, -0.25) is 4.79 Å². The molecule has 6 nitrogen and oxygen atoms in total. The maximum atomic E-state index is 11.2. The van der Waals surface area contributed by atoms with E-state index in [1.165, 1.54) is 6.92 Å². The third-order valence-corrected chi connectivity index (χ3v) is 4.80. The number of aromatic nitrogens is 3. The molecule has 0 radical (unpaired) electrons. The Balaban J connectivity index is 1.79. The lowest BCUT2D eigenvalue weighted by Gasteiger charge is -2.20. The molecule has 0 aliphatic rings. The number of rotatable bonds is 4. The summed E-state index contributed by atoms with van der Waals surface area (Å²) in [6.45, 7) is 7.94. The van der Waals surface area contributed by atoms with Gasteiger partial charge in [0.25, 0.3) is 0 Å². The van der Waals surface area contributed by atoms with Crippen molar-refractivity contribution in [3.63, 3.8) is 0 Å². The van der Waals surface area contributed by atoms with Gasteiger partial charge in [-0.05, 0) is 29.8 Å². The lowest BCUT2D eigenvalue weighted by atomic mass is 9.92. The molecule has 0 saturated carbocycles. The Morgan fingerprint density at radius 3 is 2.27 bits per heavy atom. The smallest absolute Gasteiger partial charge is 0.221 e. The second kappa shape index (κ2) is 7.63. The zero-order valence-electron chi connectivity index (χ0n) is 17.6. The molecule has 4 rings (SSSR count). The summed E-state index contributed by atoms with van der Waals surface area (Å²) in [5.41, 5.74) is 5.39. The molecule has 0 aliphatic heterocycles. The Morgan fingerprint density at radius 2 is 1.63 bits per heavy atom.